The van der Waals surface area contributed by atoms with E-state index in [-0.39, 0.29) is 17.3 Å². The van der Waals surface area contributed by atoms with Crippen molar-refractivity contribution in [1.29, 1.82) is 0 Å². The maximum atomic E-state index is 11.7. The SMILES string of the molecule is O=C([O-])c1csc(C(=O)COc2ccc(Cl)cc2)n1. The first-order valence-corrected chi connectivity index (χ1v) is 6.40. The molecule has 7 heteroatoms. The molecule has 98 valence electrons. The van der Waals surface area contributed by atoms with Crippen LogP contribution in [0.5, 0.6) is 5.75 Å². The van der Waals surface area contributed by atoms with Gasteiger partial charge in [0, 0.05) is 10.4 Å². The van der Waals surface area contributed by atoms with Crippen LogP contribution in [0.2, 0.25) is 5.02 Å². The van der Waals surface area contributed by atoms with Gasteiger partial charge < -0.3 is 14.6 Å². The predicted molar refractivity (Wildman–Crippen MR) is 67.7 cm³/mol. The van der Waals surface area contributed by atoms with Crippen LogP contribution in [0.25, 0.3) is 0 Å². The summed E-state index contributed by atoms with van der Waals surface area (Å²) in [5.41, 5.74) is -0.250. The van der Waals surface area contributed by atoms with Gasteiger partial charge in [-0.05, 0) is 24.3 Å². The number of Topliss-reactive ketones (excluding diaryl/α,β-unsaturated/α-hetero) is 1. The Morgan fingerprint density at radius 3 is 2.58 bits per heavy atom. The van der Waals surface area contributed by atoms with Gasteiger partial charge in [0.2, 0.25) is 5.78 Å². The molecule has 0 aliphatic carbocycles. The number of rotatable bonds is 5. The molecule has 5 nitrogen and oxygen atoms in total. The Morgan fingerprint density at radius 2 is 2.00 bits per heavy atom. The van der Waals surface area contributed by atoms with Gasteiger partial charge in [-0.2, -0.15) is 0 Å². The Balaban J connectivity index is 1.97. The largest absolute Gasteiger partial charge is 0.543 e. The van der Waals surface area contributed by atoms with Gasteiger partial charge in [0.1, 0.15) is 5.75 Å². The number of nitrogens with zero attached hydrogens (tertiary/aromatic N) is 1. The molecule has 0 aliphatic rings. The molecule has 1 aromatic carbocycles. The molecule has 0 amide bonds. The number of carboxylic acid groups (broad SMARTS) is 1. The van der Waals surface area contributed by atoms with E-state index < -0.39 is 11.8 Å². The number of hydrogen-bond acceptors (Lipinski definition) is 6. The summed E-state index contributed by atoms with van der Waals surface area (Å²) in [6.07, 6.45) is 0. The van der Waals surface area contributed by atoms with E-state index in [1.54, 1.807) is 24.3 Å². The van der Waals surface area contributed by atoms with Crippen molar-refractivity contribution >= 4 is 34.7 Å². The topological polar surface area (TPSA) is 79.3 Å². The van der Waals surface area contributed by atoms with Gasteiger partial charge in [-0.15, -0.1) is 11.3 Å². The number of carbonyl (C=O) groups excluding carboxylic acids is 2. The summed E-state index contributed by atoms with van der Waals surface area (Å²) in [7, 11) is 0. The highest BCUT2D eigenvalue weighted by Crippen LogP contribution is 2.16. The second-order valence-electron chi connectivity index (χ2n) is 3.49. The quantitative estimate of drug-likeness (QED) is 0.780. The Labute approximate surface area is 117 Å². The Morgan fingerprint density at radius 1 is 1.32 bits per heavy atom. The zero-order valence-corrected chi connectivity index (χ0v) is 11.0. The summed E-state index contributed by atoms with van der Waals surface area (Å²) in [4.78, 5) is 25.9. The van der Waals surface area contributed by atoms with Crippen molar-refractivity contribution in [2.75, 3.05) is 6.61 Å². The summed E-state index contributed by atoms with van der Waals surface area (Å²) in [6, 6.07) is 6.53. The van der Waals surface area contributed by atoms with Crippen molar-refractivity contribution in [3.8, 4) is 5.75 Å². The van der Waals surface area contributed by atoms with Crippen molar-refractivity contribution in [3.05, 3.63) is 45.4 Å². The number of hydrogen-bond donors (Lipinski definition) is 0. The molecule has 0 saturated heterocycles. The molecule has 0 atom stereocenters. The van der Waals surface area contributed by atoms with Crippen molar-refractivity contribution < 1.29 is 19.4 Å². The van der Waals surface area contributed by atoms with E-state index in [0.29, 0.717) is 10.8 Å². The Hall–Kier alpha value is -1.92. The van der Waals surface area contributed by atoms with Crippen LogP contribution in [0.4, 0.5) is 0 Å². The molecule has 2 rings (SSSR count). The lowest BCUT2D eigenvalue weighted by Gasteiger charge is -2.03. The van der Waals surface area contributed by atoms with Crippen LogP contribution in [0, 0.1) is 0 Å². The van der Waals surface area contributed by atoms with E-state index in [1.165, 1.54) is 5.38 Å². The number of ether oxygens (including phenoxy) is 1. The first-order chi connectivity index (χ1) is 9.06. The minimum absolute atomic E-state index is 0.0770. The zero-order chi connectivity index (χ0) is 13.8. The highest BCUT2D eigenvalue weighted by molar-refractivity contribution is 7.12. The number of carbonyl (C=O) groups is 2. The molecular formula is C12H7ClNO4S-. The Kier molecular flexibility index (Phi) is 4.13. The van der Waals surface area contributed by atoms with Crippen molar-refractivity contribution in [2.24, 2.45) is 0 Å². The smallest absolute Gasteiger partial charge is 0.228 e. The monoisotopic (exact) mass is 296 g/mol. The van der Waals surface area contributed by atoms with Gasteiger partial charge in [0.25, 0.3) is 0 Å². The first-order valence-electron chi connectivity index (χ1n) is 5.14. The maximum Gasteiger partial charge on any atom is 0.228 e. The molecule has 2 aromatic rings. The van der Waals surface area contributed by atoms with E-state index in [9.17, 15) is 14.7 Å². The van der Waals surface area contributed by atoms with Crippen LogP contribution in [0.3, 0.4) is 0 Å². The predicted octanol–water partition coefficient (Wildman–Crippen LogP) is 1.42. The standard InChI is InChI=1S/C12H8ClNO4S/c13-7-1-3-8(4-2-7)18-5-10(15)11-14-9(6-19-11)12(16)17/h1-4,6H,5H2,(H,16,17)/p-1. The maximum absolute atomic E-state index is 11.7. The molecule has 0 N–H and O–H groups in total. The zero-order valence-electron chi connectivity index (χ0n) is 9.46. The molecule has 0 fully saturated rings. The molecule has 1 heterocycles. The third-order valence-corrected chi connectivity index (χ3v) is 3.27. The molecule has 0 bridgehead atoms. The fraction of sp³-hybridized carbons (Fsp3) is 0.0833. The fourth-order valence-corrected chi connectivity index (χ4v) is 2.08. The number of thiazole rings is 1. The van der Waals surface area contributed by atoms with Crippen LogP contribution < -0.4 is 9.84 Å². The molecule has 0 aliphatic heterocycles. The van der Waals surface area contributed by atoms with Gasteiger partial charge in [-0.3, -0.25) is 4.79 Å². The number of ketones is 1. The molecule has 1 aromatic heterocycles. The summed E-state index contributed by atoms with van der Waals surface area (Å²) in [5.74, 6) is -1.31. The number of aromatic nitrogens is 1. The van der Waals surface area contributed by atoms with Gasteiger partial charge in [-0.25, -0.2) is 4.98 Å². The lowest BCUT2D eigenvalue weighted by atomic mass is 10.3. The van der Waals surface area contributed by atoms with Gasteiger partial charge >= 0.3 is 0 Å². The van der Waals surface area contributed by atoms with E-state index in [2.05, 4.69) is 4.98 Å². The van der Waals surface area contributed by atoms with Gasteiger partial charge in [0.15, 0.2) is 11.6 Å². The minimum atomic E-state index is -1.41. The molecule has 0 saturated carbocycles. The van der Waals surface area contributed by atoms with Gasteiger partial charge in [-0.1, -0.05) is 11.6 Å². The highest BCUT2D eigenvalue weighted by Gasteiger charge is 2.12. The summed E-state index contributed by atoms with van der Waals surface area (Å²) >= 11 is 6.65. The molecule has 0 unspecified atom stereocenters. The van der Waals surface area contributed by atoms with Crippen LogP contribution in [-0.4, -0.2) is 23.3 Å². The highest BCUT2D eigenvalue weighted by atomic mass is 35.5. The van der Waals surface area contributed by atoms with Crippen molar-refractivity contribution in [2.45, 2.75) is 0 Å². The van der Waals surface area contributed by atoms with E-state index in [1.807, 2.05) is 0 Å². The lowest BCUT2D eigenvalue weighted by Crippen LogP contribution is -2.23. The van der Waals surface area contributed by atoms with Gasteiger partial charge in [0.05, 0.1) is 11.7 Å². The van der Waals surface area contributed by atoms with E-state index in [4.69, 9.17) is 16.3 Å². The van der Waals surface area contributed by atoms with Crippen molar-refractivity contribution in [1.82, 2.24) is 4.98 Å². The van der Waals surface area contributed by atoms with E-state index >= 15 is 0 Å². The molecular weight excluding hydrogens is 290 g/mol. The van der Waals surface area contributed by atoms with Crippen LogP contribution >= 0.6 is 22.9 Å². The van der Waals surface area contributed by atoms with E-state index in [0.717, 1.165) is 11.3 Å². The number of benzene rings is 1. The first kappa shape index (κ1) is 13.5. The average Bonchev–Trinajstić information content (AvgIpc) is 2.87. The fourth-order valence-electron chi connectivity index (χ4n) is 1.24. The molecule has 0 spiro atoms. The average molecular weight is 297 g/mol. The lowest BCUT2D eigenvalue weighted by molar-refractivity contribution is -0.255. The Bertz CT molecular complexity index is 608. The number of halogens is 1. The number of aromatic carboxylic acids is 1. The van der Waals surface area contributed by atoms with Crippen LogP contribution in [0.1, 0.15) is 20.3 Å². The molecule has 0 radical (unpaired) electrons. The minimum Gasteiger partial charge on any atom is -0.543 e. The third-order valence-electron chi connectivity index (χ3n) is 2.14. The third kappa shape index (κ3) is 3.52. The summed E-state index contributed by atoms with van der Waals surface area (Å²) < 4.78 is 5.24. The normalized spacial score (nSPS) is 10.2. The summed E-state index contributed by atoms with van der Waals surface area (Å²) in [6.45, 7) is -0.221. The summed E-state index contributed by atoms with van der Waals surface area (Å²) in [5, 5.41) is 12.4. The van der Waals surface area contributed by atoms with Crippen molar-refractivity contribution in [3.63, 3.8) is 0 Å². The molecule has 19 heavy (non-hydrogen) atoms. The van der Waals surface area contributed by atoms with Crippen LogP contribution in [0.15, 0.2) is 29.6 Å². The second-order valence-corrected chi connectivity index (χ2v) is 4.79. The van der Waals surface area contributed by atoms with Crippen LogP contribution in [-0.2, 0) is 0 Å². The number of carboxylic acids is 1. The second kappa shape index (κ2) is 5.81.